The number of imide groups is 1. The second kappa shape index (κ2) is 8.83. The van der Waals surface area contributed by atoms with E-state index in [-0.39, 0.29) is 37.0 Å². The van der Waals surface area contributed by atoms with Crippen LogP contribution in [0.2, 0.25) is 5.02 Å². The minimum Gasteiger partial charge on any atom is -0.310 e. The Morgan fingerprint density at radius 3 is 2.59 bits per heavy atom. The number of fused-ring (bicyclic) bond motifs is 3. The van der Waals surface area contributed by atoms with Crippen LogP contribution in [0.1, 0.15) is 17.5 Å². The first-order valence-electron chi connectivity index (χ1n) is 11.2. The Morgan fingerprint density at radius 2 is 1.81 bits per heavy atom. The molecule has 168 valence electrons. The molecule has 7 nitrogen and oxygen atoms in total. The van der Waals surface area contributed by atoms with E-state index in [1.54, 1.807) is 24.1 Å². The third-order valence-corrected chi connectivity index (χ3v) is 6.96. The molecule has 32 heavy (non-hydrogen) atoms. The number of hydrogen-bond acceptors (Lipinski definition) is 5. The lowest BCUT2D eigenvalue weighted by Crippen LogP contribution is -2.66. The van der Waals surface area contributed by atoms with E-state index in [0.717, 1.165) is 38.0 Å². The number of halogens is 1. The standard InChI is InChI=1S/C24H28ClN5O2/c1-27-21-20(22(31)30(24(27)32)16-18-9-5-10-19(25)15-18)29-13-6-12-28(23(29)26-21)14-11-17-7-3-2-4-8-17/h2-5,7-10,15,20-21,23,26H,6,11-14,16H2,1H3. The van der Waals surface area contributed by atoms with Gasteiger partial charge in [0.05, 0.1) is 6.54 Å². The highest BCUT2D eigenvalue weighted by atomic mass is 35.5. The molecule has 1 N–H and O–H groups in total. The van der Waals surface area contributed by atoms with Crippen LogP contribution in [0.3, 0.4) is 0 Å². The molecular weight excluding hydrogens is 426 g/mol. The van der Waals surface area contributed by atoms with E-state index in [9.17, 15) is 9.59 Å². The molecule has 3 atom stereocenters. The van der Waals surface area contributed by atoms with Gasteiger partial charge in [0, 0.05) is 31.7 Å². The second-order valence-corrected chi connectivity index (χ2v) is 9.18. The van der Waals surface area contributed by atoms with Crippen LogP contribution in [-0.2, 0) is 17.8 Å². The summed E-state index contributed by atoms with van der Waals surface area (Å²) in [4.78, 5) is 34.3. The van der Waals surface area contributed by atoms with Crippen LogP contribution < -0.4 is 5.32 Å². The molecule has 0 bridgehead atoms. The lowest BCUT2D eigenvalue weighted by Gasteiger charge is -2.43. The van der Waals surface area contributed by atoms with E-state index in [1.165, 1.54) is 10.5 Å². The van der Waals surface area contributed by atoms with E-state index in [1.807, 2.05) is 18.2 Å². The number of benzene rings is 2. The predicted molar refractivity (Wildman–Crippen MR) is 123 cm³/mol. The predicted octanol–water partition coefficient (Wildman–Crippen LogP) is 2.57. The largest absolute Gasteiger partial charge is 0.328 e. The minimum atomic E-state index is -0.388. The van der Waals surface area contributed by atoms with Crippen molar-refractivity contribution < 1.29 is 9.59 Å². The average molecular weight is 454 g/mol. The first-order valence-corrected chi connectivity index (χ1v) is 11.5. The first-order chi connectivity index (χ1) is 15.5. The second-order valence-electron chi connectivity index (χ2n) is 8.74. The Balaban J connectivity index is 1.34. The van der Waals surface area contributed by atoms with Gasteiger partial charge in [0.25, 0.3) is 5.91 Å². The highest BCUT2D eigenvalue weighted by molar-refractivity contribution is 6.30. The molecule has 0 aromatic heterocycles. The van der Waals surface area contributed by atoms with E-state index >= 15 is 0 Å². The smallest absolute Gasteiger partial charge is 0.310 e. The highest BCUT2D eigenvalue weighted by Crippen LogP contribution is 2.31. The lowest BCUT2D eigenvalue weighted by atomic mass is 10.1. The molecule has 0 radical (unpaired) electrons. The van der Waals surface area contributed by atoms with E-state index in [0.29, 0.717) is 5.02 Å². The van der Waals surface area contributed by atoms with Crippen LogP contribution in [0.4, 0.5) is 4.79 Å². The summed E-state index contributed by atoms with van der Waals surface area (Å²) >= 11 is 6.11. The molecule has 0 aliphatic carbocycles. The van der Waals surface area contributed by atoms with Crippen LogP contribution >= 0.6 is 11.6 Å². The molecule has 3 saturated heterocycles. The van der Waals surface area contributed by atoms with Gasteiger partial charge in [-0.05, 0) is 36.1 Å². The fourth-order valence-electron chi connectivity index (χ4n) is 5.11. The first kappa shape index (κ1) is 21.4. The van der Waals surface area contributed by atoms with Crippen molar-refractivity contribution in [2.45, 2.75) is 37.9 Å². The molecule has 0 saturated carbocycles. The summed E-state index contributed by atoms with van der Waals surface area (Å²) in [5.74, 6) is -0.141. The Hall–Kier alpha value is -2.45. The van der Waals surface area contributed by atoms with Crippen LogP contribution in [0.25, 0.3) is 0 Å². The normalized spacial score (nSPS) is 26.4. The monoisotopic (exact) mass is 453 g/mol. The number of amides is 3. The van der Waals surface area contributed by atoms with Gasteiger partial charge >= 0.3 is 6.03 Å². The fraction of sp³-hybridized carbons (Fsp3) is 0.417. The number of nitrogens with zero attached hydrogens (tertiary/aromatic N) is 4. The van der Waals surface area contributed by atoms with Gasteiger partial charge in [-0.15, -0.1) is 0 Å². The summed E-state index contributed by atoms with van der Waals surface area (Å²) in [7, 11) is 1.77. The van der Waals surface area contributed by atoms with E-state index in [4.69, 9.17) is 11.6 Å². The number of nitrogens with one attached hydrogen (secondary N) is 1. The molecule has 8 heteroatoms. The molecular formula is C24H28ClN5O2. The van der Waals surface area contributed by atoms with Gasteiger partial charge in [-0.2, -0.15) is 0 Å². The van der Waals surface area contributed by atoms with Crippen molar-refractivity contribution in [2.75, 3.05) is 26.7 Å². The Bertz CT molecular complexity index is 1000. The van der Waals surface area contributed by atoms with Crippen molar-refractivity contribution in [1.29, 1.82) is 0 Å². The maximum Gasteiger partial charge on any atom is 0.328 e. The van der Waals surface area contributed by atoms with Gasteiger partial charge in [0.1, 0.15) is 18.5 Å². The van der Waals surface area contributed by atoms with Crippen molar-refractivity contribution in [2.24, 2.45) is 0 Å². The van der Waals surface area contributed by atoms with Gasteiger partial charge in [-0.3, -0.25) is 24.8 Å². The molecule has 2 aromatic rings. The number of carbonyl (C=O) groups excluding carboxylic acids is 2. The van der Waals surface area contributed by atoms with Gasteiger partial charge in [0.15, 0.2) is 0 Å². The van der Waals surface area contributed by atoms with Gasteiger partial charge in [0.2, 0.25) is 0 Å². The van der Waals surface area contributed by atoms with Crippen LogP contribution in [0, 0.1) is 0 Å². The zero-order valence-corrected chi connectivity index (χ0v) is 18.9. The summed E-state index contributed by atoms with van der Waals surface area (Å²) in [5, 5.41) is 4.17. The Morgan fingerprint density at radius 1 is 1.03 bits per heavy atom. The summed E-state index contributed by atoms with van der Waals surface area (Å²) in [6.07, 6.45) is 1.57. The van der Waals surface area contributed by atoms with Crippen molar-refractivity contribution in [1.82, 2.24) is 24.9 Å². The van der Waals surface area contributed by atoms with Crippen LogP contribution in [0.5, 0.6) is 0 Å². The molecule has 2 aromatic carbocycles. The van der Waals surface area contributed by atoms with Crippen molar-refractivity contribution in [3.63, 3.8) is 0 Å². The molecule has 0 spiro atoms. The van der Waals surface area contributed by atoms with E-state index in [2.05, 4.69) is 39.4 Å². The molecule has 3 fully saturated rings. The molecule has 3 aliphatic heterocycles. The molecule has 3 amide bonds. The third-order valence-electron chi connectivity index (χ3n) is 6.73. The number of urea groups is 1. The van der Waals surface area contributed by atoms with Crippen LogP contribution in [0.15, 0.2) is 54.6 Å². The molecule has 3 unspecified atom stereocenters. The summed E-state index contributed by atoms with van der Waals surface area (Å²) in [6, 6.07) is 17.1. The molecule has 5 rings (SSSR count). The van der Waals surface area contributed by atoms with Crippen molar-refractivity contribution in [3.8, 4) is 0 Å². The average Bonchev–Trinajstić information content (AvgIpc) is 3.20. The van der Waals surface area contributed by atoms with Crippen LogP contribution in [-0.4, -0.2) is 76.7 Å². The number of rotatable bonds is 5. The van der Waals surface area contributed by atoms with Gasteiger partial charge in [-0.25, -0.2) is 4.79 Å². The third kappa shape index (κ3) is 3.90. The van der Waals surface area contributed by atoms with Gasteiger partial charge in [-0.1, -0.05) is 54.1 Å². The van der Waals surface area contributed by atoms with Gasteiger partial charge < -0.3 is 4.90 Å². The topological polar surface area (TPSA) is 59.1 Å². The summed E-state index contributed by atoms with van der Waals surface area (Å²) in [5.41, 5.74) is 2.15. The maximum absolute atomic E-state index is 13.5. The Labute approximate surface area is 193 Å². The number of likely N-dealkylation sites (N-methyl/N-ethyl adjacent to an activating group) is 1. The summed E-state index contributed by atoms with van der Waals surface area (Å²) < 4.78 is 0. The molecule has 3 heterocycles. The highest BCUT2D eigenvalue weighted by Gasteiger charge is 2.55. The molecule has 3 aliphatic rings. The number of carbonyl (C=O) groups is 2. The zero-order valence-electron chi connectivity index (χ0n) is 18.2. The van der Waals surface area contributed by atoms with Crippen molar-refractivity contribution in [3.05, 3.63) is 70.7 Å². The summed E-state index contributed by atoms with van der Waals surface area (Å²) in [6.45, 7) is 2.93. The SMILES string of the molecule is CN1C(=O)N(Cc2cccc(Cl)c2)C(=O)C2C1NC1N(CCc3ccccc3)CCCN21. The minimum absolute atomic E-state index is 0.0484. The number of hydrogen-bond donors (Lipinski definition) is 1. The maximum atomic E-state index is 13.5. The van der Waals surface area contributed by atoms with E-state index < -0.39 is 0 Å². The zero-order chi connectivity index (χ0) is 22.2. The lowest BCUT2D eigenvalue weighted by molar-refractivity contribution is -0.140. The Kier molecular flexibility index (Phi) is 5.90. The quantitative estimate of drug-likeness (QED) is 0.754. The van der Waals surface area contributed by atoms with Crippen molar-refractivity contribution >= 4 is 23.5 Å². The fourth-order valence-corrected chi connectivity index (χ4v) is 5.32.